The lowest BCUT2D eigenvalue weighted by Crippen LogP contribution is -2.06. The van der Waals surface area contributed by atoms with Crippen LogP contribution in [0.2, 0.25) is 0 Å². The van der Waals surface area contributed by atoms with E-state index in [2.05, 4.69) is 25.3 Å². The topological polar surface area (TPSA) is 57.5 Å². The summed E-state index contributed by atoms with van der Waals surface area (Å²) >= 11 is 0. The maximum atomic E-state index is 13.7. The zero-order chi connectivity index (χ0) is 28.0. The van der Waals surface area contributed by atoms with Gasteiger partial charge in [-0.05, 0) is 36.6 Å². The van der Waals surface area contributed by atoms with Crippen LogP contribution < -0.4 is 0 Å². The molecule has 0 fully saturated rings. The molecule has 0 radical (unpaired) electrons. The van der Waals surface area contributed by atoms with Gasteiger partial charge in [-0.1, -0.05) is 135 Å². The first-order valence-electron chi connectivity index (χ1n) is 12.8. The van der Waals surface area contributed by atoms with Crippen molar-refractivity contribution in [2.24, 2.45) is 0 Å². The van der Waals surface area contributed by atoms with Gasteiger partial charge in [-0.15, -0.1) is 0 Å². The van der Waals surface area contributed by atoms with Crippen LogP contribution in [-0.2, 0) is 11.2 Å². The summed E-state index contributed by atoms with van der Waals surface area (Å²) in [7, 11) is 0. The molecule has 0 unspecified atom stereocenters. The van der Waals surface area contributed by atoms with E-state index in [1.165, 1.54) is 12.2 Å². The predicted molar refractivity (Wildman–Crippen MR) is 164 cm³/mol. The SMILES string of the molecule is C=C/C=C\C=C(/O)c1ccccc1C/C=C(\C=C/C)C(=O)C(/C=C(\O)c1ccccc1C1C=CC=C1)=C/C=C. The third-order valence-electron chi connectivity index (χ3n) is 6.14. The Morgan fingerprint density at radius 1 is 0.846 bits per heavy atom. The van der Waals surface area contributed by atoms with Crippen LogP contribution in [0.5, 0.6) is 0 Å². The van der Waals surface area contributed by atoms with E-state index in [1.807, 2.05) is 73.7 Å². The minimum absolute atomic E-state index is 0.00793. The molecule has 39 heavy (non-hydrogen) atoms. The van der Waals surface area contributed by atoms with Crippen LogP contribution in [0.3, 0.4) is 0 Å². The smallest absolute Gasteiger partial charge is 0.192 e. The van der Waals surface area contributed by atoms with Crippen molar-refractivity contribution in [2.45, 2.75) is 19.3 Å². The van der Waals surface area contributed by atoms with Crippen LogP contribution in [0.25, 0.3) is 11.5 Å². The van der Waals surface area contributed by atoms with Crippen molar-refractivity contribution in [3.63, 3.8) is 0 Å². The Morgan fingerprint density at radius 2 is 1.54 bits per heavy atom. The van der Waals surface area contributed by atoms with E-state index in [1.54, 1.807) is 42.5 Å². The van der Waals surface area contributed by atoms with Crippen molar-refractivity contribution in [3.05, 3.63) is 180 Å². The molecule has 0 aromatic heterocycles. The van der Waals surface area contributed by atoms with Gasteiger partial charge in [0.25, 0.3) is 0 Å². The standard InChI is InChI=1S/C36H34O3/c1-4-7-8-23-34(37)32-21-12-11-19-28(32)24-25-29(15-5-2)36(39)30(16-6-3)26-35(38)33-22-14-13-20-31(33)27-17-9-10-18-27/h4-23,25-27,37-38H,1,3,24H2,2H3/b8-7-,15-5-,29-25+,30-16+,34-23-,35-26-. The molecule has 1 aliphatic rings. The summed E-state index contributed by atoms with van der Waals surface area (Å²) in [6.45, 7) is 9.24. The average Bonchev–Trinajstić information content (AvgIpc) is 3.50. The molecule has 0 saturated heterocycles. The molecule has 3 rings (SSSR count). The zero-order valence-electron chi connectivity index (χ0n) is 22.2. The Hall–Kier alpha value is -4.89. The van der Waals surface area contributed by atoms with E-state index in [0.29, 0.717) is 28.7 Å². The van der Waals surface area contributed by atoms with Gasteiger partial charge < -0.3 is 10.2 Å². The van der Waals surface area contributed by atoms with E-state index >= 15 is 0 Å². The number of aliphatic hydroxyl groups is 2. The lowest BCUT2D eigenvalue weighted by atomic mass is 9.92. The molecule has 2 N–H and O–H groups in total. The van der Waals surface area contributed by atoms with E-state index in [9.17, 15) is 15.0 Å². The van der Waals surface area contributed by atoms with E-state index in [4.69, 9.17) is 0 Å². The maximum absolute atomic E-state index is 13.7. The highest BCUT2D eigenvalue weighted by molar-refractivity contribution is 6.12. The molecule has 3 nitrogen and oxygen atoms in total. The van der Waals surface area contributed by atoms with E-state index in [-0.39, 0.29) is 23.2 Å². The average molecular weight is 515 g/mol. The minimum Gasteiger partial charge on any atom is -0.507 e. The van der Waals surface area contributed by atoms with Crippen molar-refractivity contribution in [1.29, 1.82) is 0 Å². The molecule has 0 saturated carbocycles. The van der Waals surface area contributed by atoms with Gasteiger partial charge in [0.1, 0.15) is 11.5 Å². The van der Waals surface area contributed by atoms with Crippen LogP contribution in [0.4, 0.5) is 0 Å². The number of carbonyl (C=O) groups excluding carboxylic acids is 1. The molecule has 2 aromatic rings. The first-order valence-corrected chi connectivity index (χ1v) is 12.8. The summed E-state index contributed by atoms with van der Waals surface area (Å²) in [4.78, 5) is 13.7. The van der Waals surface area contributed by atoms with Crippen LogP contribution in [0.1, 0.15) is 35.1 Å². The molecule has 196 valence electrons. The Bertz CT molecular complexity index is 1440. The third kappa shape index (κ3) is 7.80. The molecular weight excluding hydrogens is 480 g/mol. The van der Waals surface area contributed by atoms with Crippen molar-refractivity contribution >= 4 is 17.3 Å². The number of hydrogen-bond donors (Lipinski definition) is 2. The van der Waals surface area contributed by atoms with Gasteiger partial charge in [0.2, 0.25) is 0 Å². The monoisotopic (exact) mass is 514 g/mol. The summed E-state index contributed by atoms with van der Waals surface area (Å²) in [5.41, 5.74) is 3.95. The number of rotatable bonds is 12. The summed E-state index contributed by atoms with van der Waals surface area (Å²) < 4.78 is 0. The van der Waals surface area contributed by atoms with Crippen LogP contribution in [0.15, 0.2) is 158 Å². The third-order valence-corrected chi connectivity index (χ3v) is 6.14. The molecule has 3 heteroatoms. The molecule has 0 amide bonds. The van der Waals surface area contributed by atoms with Gasteiger partial charge in [0, 0.05) is 28.2 Å². The lowest BCUT2D eigenvalue weighted by Gasteiger charge is -2.13. The number of ketones is 1. The highest BCUT2D eigenvalue weighted by Gasteiger charge is 2.17. The largest absolute Gasteiger partial charge is 0.507 e. The first-order chi connectivity index (χ1) is 19.0. The molecule has 0 atom stereocenters. The van der Waals surface area contributed by atoms with Gasteiger partial charge in [0.05, 0.1) is 0 Å². The summed E-state index contributed by atoms with van der Waals surface area (Å²) in [5, 5.41) is 21.7. The van der Waals surface area contributed by atoms with Crippen molar-refractivity contribution in [2.75, 3.05) is 0 Å². The zero-order valence-corrected chi connectivity index (χ0v) is 22.2. The summed E-state index contributed by atoms with van der Waals surface area (Å²) in [6.07, 6.45) is 25.2. The number of hydrogen-bond acceptors (Lipinski definition) is 3. The second kappa shape index (κ2) is 14.7. The van der Waals surface area contributed by atoms with Crippen molar-refractivity contribution < 1.29 is 15.0 Å². The number of carbonyl (C=O) groups is 1. The van der Waals surface area contributed by atoms with Crippen LogP contribution in [0, 0.1) is 0 Å². The molecule has 0 aliphatic heterocycles. The molecule has 0 bridgehead atoms. The Labute approximate surface area is 231 Å². The van der Waals surface area contributed by atoms with Crippen molar-refractivity contribution in [1.82, 2.24) is 0 Å². The van der Waals surface area contributed by atoms with Gasteiger partial charge in [-0.25, -0.2) is 0 Å². The summed E-state index contributed by atoms with van der Waals surface area (Å²) in [5.74, 6) is -0.0466. The molecular formula is C36H34O3. The van der Waals surface area contributed by atoms with Crippen LogP contribution in [-0.4, -0.2) is 16.0 Å². The fraction of sp³-hybridized carbons (Fsp3) is 0.0833. The Morgan fingerprint density at radius 3 is 2.23 bits per heavy atom. The Balaban J connectivity index is 1.95. The first kappa shape index (κ1) is 28.7. The maximum Gasteiger partial charge on any atom is 0.192 e. The van der Waals surface area contributed by atoms with E-state index in [0.717, 1.165) is 11.1 Å². The van der Waals surface area contributed by atoms with Crippen molar-refractivity contribution in [3.8, 4) is 0 Å². The molecule has 1 aliphatic carbocycles. The lowest BCUT2D eigenvalue weighted by molar-refractivity contribution is -0.111. The van der Waals surface area contributed by atoms with Gasteiger partial charge in [0.15, 0.2) is 5.78 Å². The fourth-order valence-electron chi connectivity index (χ4n) is 4.27. The normalized spacial score (nSPS) is 15.0. The number of benzene rings is 2. The summed E-state index contributed by atoms with van der Waals surface area (Å²) in [6, 6.07) is 15.1. The predicted octanol–water partition coefficient (Wildman–Crippen LogP) is 8.86. The van der Waals surface area contributed by atoms with Gasteiger partial charge in [-0.3, -0.25) is 4.79 Å². The highest BCUT2D eigenvalue weighted by Crippen LogP contribution is 2.30. The second-order valence-electron chi connectivity index (χ2n) is 8.79. The number of aliphatic hydroxyl groups excluding tert-OH is 2. The van der Waals surface area contributed by atoms with Gasteiger partial charge in [-0.2, -0.15) is 0 Å². The fourth-order valence-corrected chi connectivity index (χ4v) is 4.27. The number of allylic oxidation sites excluding steroid dienone is 16. The molecule has 0 spiro atoms. The Kier molecular flexibility index (Phi) is 10.8. The molecule has 0 heterocycles. The quantitative estimate of drug-likeness (QED) is 0.169. The minimum atomic E-state index is -0.246. The highest BCUT2D eigenvalue weighted by atomic mass is 16.3. The van der Waals surface area contributed by atoms with Gasteiger partial charge >= 0.3 is 0 Å². The molecule has 2 aromatic carbocycles. The van der Waals surface area contributed by atoms with E-state index < -0.39 is 0 Å². The number of Topliss-reactive ketones (excluding diaryl/α,β-unsaturated/α-hetero) is 1. The second-order valence-corrected chi connectivity index (χ2v) is 8.79. The van der Waals surface area contributed by atoms with Crippen LogP contribution >= 0.6 is 0 Å².